The van der Waals surface area contributed by atoms with Gasteiger partial charge in [0.05, 0.1) is 16.6 Å². The standard InChI is InChI=1S/C18H18Cl2N4O3/c19-13-3-1-2-12(15(13)20)9-23-18(22)24-16(25)11-6-4-10(5-7-11)8-14(21)17(26)27/h1-7,14H,8-9,21H2,(H,26,27)(H3,22,23,24,25)/t14-/m0/s1. The number of nitrogens with two attached hydrogens (primary N) is 2. The molecule has 9 heteroatoms. The molecule has 6 N–H and O–H groups in total. The molecule has 2 aromatic carbocycles. The maximum absolute atomic E-state index is 12.2. The number of nitrogens with zero attached hydrogens (tertiary/aromatic N) is 1. The number of carboxylic acids is 1. The van der Waals surface area contributed by atoms with Crippen LogP contribution in [0.25, 0.3) is 0 Å². The molecule has 142 valence electrons. The monoisotopic (exact) mass is 408 g/mol. The number of aliphatic imine (C=N–C) groups is 1. The zero-order valence-corrected chi connectivity index (χ0v) is 15.7. The average Bonchev–Trinajstić information content (AvgIpc) is 2.63. The topological polar surface area (TPSA) is 131 Å². The third-order valence-electron chi connectivity index (χ3n) is 3.68. The first-order valence-corrected chi connectivity index (χ1v) is 8.65. The van der Waals surface area contributed by atoms with E-state index in [0.717, 1.165) is 0 Å². The molecule has 0 aromatic heterocycles. The zero-order chi connectivity index (χ0) is 20.0. The summed E-state index contributed by atoms with van der Waals surface area (Å²) in [4.78, 5) is 27.0. The Labute approximate surface area is 166 Å². The van der Waals surface area contributed by atoms with E-state index in [-0.39, 0.29) is 18.9 Å². The van der Waals surface area contributed by atoms with Gasteiger partial charge >= 0.3 is 5.97 Å². The molecule has 0 saturated carbocycles. The third kappa shape index (κ3) is 5.96. The summed E-state index contributed by atoms with van der Waals surface area (Å²) in [5.41, 5.74) is 13.0. The Morgan fingerprint density at radius 1 is 1.15 bits per heavy atom. The molecular weight excluding hydrogens is 391 g/mol. The summed E-state index contributed by atoms with van der Waals surface area (Å²) >= 11 is 12.0. The van der Waals surface area contributed by atoms with Crippen molar-refractivity contribution in [3.8, 4) is 0 Å². The van der Waals surface area contributed by atoms with Gasteiger partial charge in [0, 0.05) is 5.56 Å². The zero-order valence-electron chi connectivity index (χ0n) is 14.2. The number of carboxylic acid groups (broad SMARTS) is 1. The lowest BCUT2D eigenvalue weighted by molar-refractivity contribution is -0.138. The fourth-order valence-electron chi connectivity index (χ4n) is 2.20. The number of nitrogens with one attached hydrogen (secondary N) is 1. The minimum absolute atomic E-state index is 0.0620. The van der Waals surface area contributed by atoms with Crippen LogP contribution in [0.2, 0.25) is 10.0 Å². The fourth-order valence-corrected chi connectivity index (χ4v) is 2.58. The van der Waals surface area contributed by atoms with Crippen molar-refractivity contribution >= 4 is 41.0 Å². The highest BCUT2D eigenvalue weighted by Gasteiger charge is 2.13. The molecule has 0 bridgehead atoms. The first-order valence-electron chi connectivity index (χ1n) is 7.89. The van der Waals surface area contributed by atoms with E-state index < -0.39 is 17.9 Å². The number of aliphatic carboxylic acids is 1. The molecule has 0 spiro atoms. The molecule has 0 heterocycles. The van der Waals surface area contributed by atoms with Crippen LogP contribution >= 0.6 is 23.2 Å². The number of hydrogen-bond acceptors (Lipinski definition) is 4. The highest BCUT2D eigenvalue weighted by Crippen LogP contribution is 2.25. The number of carbonyl (C=O) groups excluding carboxylic acids is 1. The Morgan fingerprint density at radius 3 is 2.44 bits per heavy atom. The van der Waals surface area contributed by atoms with Gasteiger partial charge in [-0.05, 0) is 35.7 Å². The molecule has 0 aliphatic rings. The second-order valence-corrected chi connectivity index (χ2v) is 6.50. The minimum atomic E-state index is -1.08. The molecule has 1 atom stereocenters. The maximum Gasteiger partial charge on any atom is 0.320 e. The van der Waals surface area contributed by atoms with Crippen LogP contribution in [0, 0.1) is 0 Å². The van der Waals surface area contributed by atoms with Gasteiger partial charge in [-0.3, -0.25) is 14.9 Å². The fraction of sp³-hybridized carbons (Fsp3) is 0.167. The summed E-state index contributed by atoms with van der Waals surface area (Å²) < 4.78 is 0. The van der Waals surface area contributed by atoms with Gasteiger partial charge in [0.1, 0.15) is 6.04 Å². The van der Waals surface area contributed by atoms with E-state index in [2.05, 4.69) is 10.3 Å². The van der Waals surface area contributed by atoms with E-state index in [9.17, 15) is 9.59 Å². The lowest BCUT2D eigenvalue weighted by atomic mass is 10.0. The molecular formula is C18H18Cl2N4O3. The van der Waals surface area contributed by atoms with Crippen LogP contribution in [-0.2, 0) is 17.8 Å². The number of hydrogen-bond donors (Lipinski definition) is 4. The van der Waals surface area contributed by atoms with Crippen molar-refractivity contribution < 1.29 is 14.7 Å². The lowest BCUT2D eigenvalue weighted by Gasteiger charge is -2.08. The van der Waals surface area contributed by atoms with Gasteiger partial charge in [-0.1, -0.05) is 47.5 Å². The number of guanidine groups is 1. The summed E-state index contributed by atoms with van der Waals surface area (Å²) in [6, 6.07) is 10.5. The van der Waals surface area contributed by atoms with Crippen LogP contribution in [0.4, 0.5) is 0 Å². The molecule has 0 radical (unpaired) electrons. The highest BCUT2D eigenvalue weighted by molar-refractivity contribution is 6.42. The van der Waals surface area contributed by atoms with Crippen LogP contribution in [0.3, 0.4) is 0 Å². The molecule has 0 aliphatic heterocycles. The van der Waals surface area contributed by atoms with Gasteiger partial charge in [0.2, 0.25) is 0 Å². The normalized spacial score (nSPS) is 12.5. The second-order valence-electron chi connectivity index (χ2n) is 5.71. The number of carbonyl (C=O) groups is 2. The Morgan fingerprint density at radius 2 is 1.81 bits per heavy atom. The predicted octanol–water partition coefficient (Wildman–Crippen LogP) is 2.19. The number of amides is 1. The van der Waals surface area contributed by atoms with E-state index >= 15 is 0 Å². The molecule has 0 unspecified atom stereocenters. The average molecular weight is 409 g/mol. The minimum Gasteiger partial charge on any atom is -0.480 e. The highest BCUT2D eigenvalue weighted by atomic mass is 35.5. The first kappa shape index (κ1) is 20.7. The van der Waals surface area contributed by atoms with Crippen molar-refractivity contribution in [3.05, 3.63) is 69.2 Å². The van der Waals surface area contributed by atoms with Crippen molar-refractivity contribution in [2.45, 2.75) is 19.0 Å². The van der Waals surface area contributed by atoms with Crippen molar-refractivity contribution in [2.75, 3.05) is 0 Å². The Balaban J connectivity index is 1.97. The molecule has 0 aliphatic carbocycles. The van der Waals surface area contributed by atoms with Crippen molar-refractivity contribution in [3.63, 3.8) is 0 Å². The summed E-state index contributed by atoms with van der Waals surface area (Å²) in [6.07, 6.45) is 0.168. The van der Waals surface area contributed by atoms with Gasteiger partial charge in [-0.2, -0.15) is 0 Å². The van der Waals surface area contributed by atoms with Crippen LogP contribution in [0.5, 0.6) is 0 Å². The number of benzene rings is 2. The molecule has 2 aromatic rings. The van der Waals surface area contributed by atoms with Crippen molar-refractivity contribution in [2.24, 2.45) is 16.5 Å². The predicted molar refractivity (Wildman–Crippen MR) is 105 cm³/mol. The quantitative estimate of drug-likeness (QED) is 0.429. The summed E-state index contributed by atoms with van der Waals surface area (Å²) in [7, 11) is 0. The molecule has 0 saturated heterocycles. The van der Waals surface area contributed by atoms with Crippen LogP contribution in [0.1, 0.15) is 21.5 Å². The van der Waals surface area contributed by atoms with E-state index in [4.69, 9.17) is 39.8 Å². The largest absolute Gasteiger partial charge is 0.480 e. The molecule has 0 fully saturated rings. The van der Waals surface area contributed by atoms with E-state index in [1.54, 1.807) is 42.5 Å². The Bertz CT molecular complexity index is 869. The Kier molecular flexibility index (Phi) is 7.18. The van der Waals surface area contributed by atoms with Crippen molar-refractivity contribution in [1.82, 2.24) is 5.32 Å². The lowest BCUT2D eigenvalue weighted by Crippen LogP contribution is -2.36. The van der Waals surface area contributed by atoms with Gasteiger partial charge in [-0.25, -0.2) is 4.99 Å². The van der Waals surface area contributed by atoms with E-state index in [0.29, 0.717) is 26.7 Å². The van der Waals surface area contributed by atoms with Gasteiger partial charge in [0.15, 0.2) is 5.96 Å². The van der Waals surface area contributed by atoms with E-state index in [1.807, 2.05) is 0 Å². The first-order chi connectivity index (χ1) is 12.8. The van der Waals surface area contributed by atoms with Crippen molar-refractivity contribution in [1.29, 1.82) is 0 Å². The van der Waals surface area contributed by atoms with E-state index in [1.165, 1.54) is 0 Å². The molecule has 1 amide bonds. The van der Waals surface area contributed by atoms with Gasteiger partial charge < -0.3 is 16.6 Å². The number of halogens is 2. The number of rotatable bonds is 6. The smallest absolute Gasteiger partial charge is 0.320 e. The summed E-state index contributed by atoms with van der Waals surface area (Å²) in [6.45, 7) is 0.164. The molecule has 2 rings (SSSR count). The van der Waals surface area contributed by atoms with Crippen LogP contribution in [-0.4, -0.2) is 29.0 Å². The van der Waals surface area contributed by atoms with Gasteiger partial charge in [0.25, 0.3) is 5.91 Å². The third-order valence-corrected chi connectivity index (χ3v) is 4.54. The van der Waals surface area contributed by atoms with Crippen LogP contribution in [0.15, 0.2) is 47.5 Å². The maximum atomic E-state index is 12.2. The summed E-state index contributed by atoms with van der Waals surface area (Å²) in [5.74, 6) is -1.59. The molecule has 27 heavy (non-hydrogen) atoms. The summed E-state index contributed by atoms with van der Waals surface area (Å²) in [5, 5.41) is 12.1. The van der Waals surface area contributed by atoms with Crippen LogP contribution < -0.4 is 16.8 Å². The SMILES string of the molecule is NC(=NCc1cccc(Cl)c1Cl)NC(=O)c1ccc(C[C@H](N)C(=O)O)cc1. The Hall–Kier alpha value is -2.61. The molecule has 7 nitrogen and oxygen atoms in total. The second kappa shape index (κ2) is 9.36. The van der Waals surface area contributed by atoms with Gasteiger partial charge in [-0.15, -0.1) is 0 Å².